The summed E-state index contributed by atoms with van der Waals surface area (Å²) < 4.78 is 18.3. The molecule has 1 aromatic carbocycles. The maximum absolute atomic E-state index is 13.1. The molecule has 84 valence electrons. The van der Waals surface area contributed by atoms with E-state index in [1.165, 1.54) is 30.6 Å². The van der Waals surface area contributed by atoms with E-state index >= 15 is 0 Å². The number of ether oxygens (including phenoxy) is 1. The number of nitrogens with zero attached hydrogens (tertiary/aromatic N) is 2. The summed E-state index contributed by atoms with van der Waals surface area (Å²) in [4.78, 5) is 0. The second-order valence-corrected chi connectivity index (χ2v) is 4.11. The van der Waals surface area contributed by atoms with Crippen molar-refractivity contribution in [2.45, 2.75) is 6.54 Å². The molecule has 0 aliphatic carbocycles. The molecule has 2 rings (SSSR count). The smallest absolute Gasteiger partial charge is 0.151 e. The Morgan fingerprint density at radius 2 is 2.25 bits per heavy atom. The predicted octanol–water partition coefficient (Wildman–Crippen LogP) is 1.81. The molecular formula is C10H10FN3OS. The van der Waals surface area contributed by atoms with Crippen LogP contribution in [0.1, 0.15) is 5.01 Å². The average Bonchev–Trinajstić information content (AvgIpc) is 2.77. The molecule has 0 spiro atoms. The van der Waals surface area contributed by atoms with Gasteiger partial charge in [0.1, 0.15) is 16.6 Å². The summed E-state index contributed by atoms with van der Waals surface area (Å²) in [7, 11) is 1.53. The summed E-state index contributed by atoms with van der Waals surface area (Å²) in [5.41, 5.74) is 6.04. The maximum atomic E-state index is 13.1. The van der Waals surface area contributed by atoms with Gasteiger partial charge >= 0.3 is 0 Å². The molecule has 0 aliphatic heterocycles. The van der Waals surface area contributed by atoms with Gasteiger partial charge in [-0.2, -0.15) is 0 Å². The number of hydrogen-bond acceptors (Lipinski definition) is 5. The van der Waals surface area contributed by atoms with Crippen LogP contribution in [0.25, 0.3) is 10.6 Å². The Bertz CT molecular complexity index is 501. The van der Waals surface area contributed by atoms with Crippen molar-refractivity contribution in [3.8, 4) is 16.3 Å². The predicted molar refractivity (Wildman–Crippen MR) is 59.7 cm³/mol. The van der Waals surface area contributed by atoms with Crippen LogP contribution in [0.5, 0.6) is 5.75 Å². The lowest BCUT2D eigenvalue weighted by Gasteiger charge is -2.04. The second-order valence-electron chi connectivity index (χ2n) is 3.05. The van der Waals surface area contributed by atoms with Crippen molar-refractivity contribution in [2.75, 3.05) is 7.11 Å². The fraction of sp³-hybridized carbons (Fsp3) is 0.200. The van der Waals surface area contributed by atoms with Crippen molar-refractivity contribution in [1.82, 2.24) is 10.2 Å². The van der Waals surface area contributed by atoms with Gasteiger partial charge in [-0.3, -0.25) is 0 Å². The summed E-state index contributed by atoms with van der Waals surface area (Å²) >= 11 is 1.33. The van der Waals surface area contributed by atoms with Gasteiger partial charge in [-0.05, 0) is 18.2 Å². The Morgan fingerprint density at radius 1 is 1.44 bits per heavy atom. The SMILES string of the molecule is COc1ccc(F)cc1-c1nnc(CN)s1. The van der Waals surface area contributed by atoms with E-state index in [2.05, 4.69) is 10.2 Å². The Kier molecular flexibility index (Phi) is 3.12. The largest absolute Gasteiger partial charge is 0.496 e. The quantitative estimate of drug-likeness (QED) is 0.887. The number of aromatic nitrogens is 2. The highest BCUT2D eigenvalue weighted by Crippen LogP contribution is 2.32. The van der Waals surface area contributed by atoms with Crippen LogP contribution >= 0.6 is 11.3 Å². The second kappa shape index (κ2) is 4.54. The van der Waals surface area contributed by atoms with Gasteiger partial charge in [0.2, 0.25) is 0 Å². The van der Waals surface area contributed by atoms with Crippen molar-refractivity contribution >= 4 is 11.3 Å². The van der Waals surface area contributed by atoms with Crippen LogP contribution in [0.4, 0.5) is 4.39 Å². The van der Waals surface area contributed by atoms with E-state index in [9.17, 15) is 4.39 Å². The minimum atomic E-state index is -0.333. The zero-order valence-electron chi connectivity index (χ0n) is 8.61. The van der Waals surface area contributed by atoms with Crippen LogP contribution in [0.3, 0.4) is 0 Å². The molecular weight excluding hydrogens is 229 g/mol. The van der Waals surface area contributed by atoms with Gasteiger partial charge in [0.25, 0.3) is 0 Å². The Balaban J connectivity index is 2.49. The fourth-order valence-corrected chi connectivity index (χ4v) is 2.03. The van der Waals surface area contributed by atoms with Crippen molar-refractivity contribution in [3.05, 3.63) is 29.0 Å². The number of hydrogen-bond donors (Lipinski definition) is 1. The first-order valence-electron chi connectivity index (χ1n) is 4.61. The molecule has 0 radical (unpaired) electrons. The van der Waals surface area contributed by atoms with E-state index in [1.807, 2.05) is 0 Å². The highest BCUT2D eigenvalue weighted by molar-refractivity contribution is 7.14. The molecule has 0 fully saturated rings. The number of nitrogens with two attached hydrogens (primary N) is 1. The summed E-state index contributed by atoms with van der Waals surface area (Å²) in [6.45, 7) is 0.329. The van der Waals surface area contributed by atoms with Crippen molar-refractivity contribution in [1.29, 1.82) is 0 Å². The van der Waals surface area contributed by atoms with Crippen LogP contribution in [-0.4, -0.2) is 17.3 Å². The first kappa shape index (κ1) is 11.0. The molecule has 4 nitrogen and oxygen atoms in total. The first-order valence-corrected chi connectivity index (χ1v) is 5.42. The van der Waals surface area contributed by atoms with Gasteiger partial charge in [0.05, 0.1) is 12.7 Å². The normalized spacial score (nSPS) is 10.4. The van der Waals surface area contributed by atoms with Crippen LogP contribution in [0.15, 0.2) is 18.2 Å². The van der Waals surface area contributed by atoms with Crippen LogP contribution in [0, 0.1) is 5.82 Å². The zero-order chi connectivity index (χ0) is 11.5. The molecule has 1 heterocycles. The average molecular weight is 239 g/mol. The molecule has 0 atom stereocenters. The van der Waals surface area contributed by atoms with Crippen molar-refractivity contribution < 1.29 is 9.13 Å². The molecule has 2 aromatic rings. The summed E-state index contributed by atoms with van der Waals surface area (Å²) in [6.07, 6.45) is 0. The Hall–Kier alpha value is -1.53. The standard InChI is InChI=1S/C10H10FN3OS/c1-15-8-3-2-6(11)4-7(8)10-14-13-9(5-12)16-10/h2-4H,5,12H2,1H3. The lowest BCUT2D eigenvalue weighted by molar-refractivity contribution is 0.415. The Morgan fingerprint density at radius 3 is 2.88 bits per heavy atom. The maximum Gasteiger partial charge on any atom is 0.151 e. The van der Waals surface area contributed by atoms with E-state index < -0.39 is 0 Å². The third-order valence-corrected chi connectivity index (χ3v) is 3.01. The van der Waals surface area contributed by atoms with Gasteiger partial charge in [-0.1, -0.05) is 11.3 Å². The third kappa shape index (κ3) is 2.02. The molecule has 0 saturated heterocycles. The highest BCUT2D eigenvalue weighted by Gasteiger charge is 2.12. The number of methoxy groups -OCH3 is 1. The molecule has 6 heteroatoms. The minimum absolute atomic E-state index is 0.329. The van der Waals surface area contributed by atoms with Gasteiger partial charge in [0, 0.05) is 6.54 Å². The topological polar surface area (TPSA) is 61.0 Å². The van der Waals surface area contributed by atoms with Gasteiger partial charge < -0.3 is 10.5 Å². The minimum Gasteiger partial charge on any atom is -0.496 e. The lowest BCUT2D eigenvalue weighted by atomic mass is 10.2. The zero-order valence-corrected chi connectivity index (χ0v) is 9.42. The molecule has 0 saturated carbocycles. The Labute approximate surface area is 95.9 Å². The highest BCUT2D eigenvalue weighted by atomic mass is 32.1. The van der Waals surface area contributed by atoms with Gasteiger partial charge in [-0.25, -0.2) is 4.39 Å². The molecule has 1 aromatic heterocycles. The lowest BCUT2D eigenvalue weighted by Crippen LogP contribution is -1.94. The summed E-state index contributed by atoms with van der Waals surface area (Å²) in [6, 6.07) is 4.28. The van der Waals surface area contributed by atoms with E-state index in [0.29, 0.717) is 27.9 Å². The molecule has 16 heavy (non-hydrogen) atoms. The molecule has 0 bridgehead atoms. The van der Waals surface area contributed by atoms with E-state index in [-0.39, 0.29) is 5.82 Å². The monoisotopic (exact) mass is 239 g/mol. The van der Waals surface area contributed by atoms with E-state index in [0.717, 1.165) is 0 Å². The summed E-state index contributed by atoms with van der Waals surface area (Å²) in [5.74, 6) is 0.237. The summed E-state index contributed by atoms with van der Waals surface area (Å²) in [5, 5.41) is 9.15. The van der Waals surface area contributed by atoms with Crippen LogP contribution in [-0.2, 0) is 6.54 Å². The molecule has 0 unspecified atom stereocenters. The molecule has 0 amide bonds. The first-order chi connectivity index (χ1) is 7.74. The van der Waals surface area contributed by atoms with Crippen molar-refractivity contribution in [2.24, 2.45) is 5.73 Å². The third-order valence-electron chi connectivity index (χ3n) is 2.03. The fourth-order valence-electron chi connectivity index (χ4n) is 1.29. The molecule has 0 aliphatic rings. The number of rotatable bonds is 3. The van der Waals surface area contributed by atoms with E-state index in [1.54, 1.807) is 6.07 Å². The number of halogens is 1. The van der Waals surface area contributed by atoms with Crippen LogP contribution in [0.2, 0.25) is 0 Å². The van der Waals surface area contributed by atoms with E-state index in [4.69, 9.17) is 10.5 Å². The van der Waals surface area contributed by atoms with Gasteiger partial charge in [0.15, 0.2) is 5.01 Å². The van der Waals surface area contributed by atoms with Crippen molar-refractivity contribution in [3.63, 3.8) is 0 Å². The van der Waals surface area contributed by atoms with Crippen LogP contribution < -0.4 is 10.5 Å². The molecule has 2 N–H and O–H groups in total. The van der Waals surface area contributed by atoms with Gasteiger partial charge in [-0.15, -0.1) is 10.2 Å². The number of benzene rings is 1.